The lowest BCUT2D eigenvalue weighted by molar-refractivity contribution is -0.114. The lowest BCUT2D eigenvalue weighted by atomic mass is 10.0. The Morgan fingerprint density at radius 2 is 1.70 bits per heavy atom. The van der Waals surface area contributed by atoms with Crippen LogP contribution in [0.25, 0.3) is 10.8 Å². The first-order chi connectivity index (χ1) is 14.4. The Balaban J connectivity index is 1.48. The maximum atomic E-state index is 12.6. The summed E-state index contributed by atoms with van der Waals surface area (Å²) < 4.78 is 0. The second-order valence-electron chi connectivity index (χ2n) is 6.94. The molecule has 0 saturated heterocycles. The van der Waals surface area contributed by atoms with Gasteiger partial charge in [-0.2, -0.15) is 4.99 Å². The van der Waals surface area contributed by atoms with Crippen molar-refractivity contribution in [3.8, 4) is 0 Å². The molecule has 0 aromatic heterocycles. The third kappa shape index (κ3) is 3.76. The summed E-state index contributed by atoms with van der Waals surface area (Å²) in [6.07, 6.45) is 0. The van der Waals surface area contributed by atoms with E-state index in [2.05, 4.69) is 10.3 Å². The first-order valence-corrected chi connectivity index (χ1v) is 9.27. The van der Waals surface area contributed by atoms with Crippen molar-refractivity contribution in [1.29, 1.82) is 0 Å². The van der Waals surface area contributed by atoms with Crippen LogP contribution in [0.1, 0.15) is 15.9 Å². The normalized spacial score (nSPS) is 13.4. The lowest BCUT2D eigenvalue weighted by Gasteiger charge is -2.15. The van der Waals surface area contributed by atoms with Gasteiger partial charge in [-0.1, -0.05) is 12.1 Å². The van der Waals surface area contributed by atoms with Crippen LogP contribution in [-0.2, 0) is 0 Å². The van der Waals surface area contributed by atoms with E-state index in [1.54, 1.807) is 36.4 Å². The topological polar surface area (TPSA) is 134 Å². The van der Waals surface area contributed by atoms with E-state index in [0.29, 0.717) is 22.6 Å². The summed E-state index contributed by atoms with van der Waals surface area (Å²) >= 11 is 0. The second-order valence-corrected chi connectivity index (χ2v) is 6.94. The SMILES string of the molecule is NC(=[NH2+])c1ccc2cc(C(=O)Nc3ccc(N4CC(CO)=NC4=O)cc3)ccc2c1. The van der Waals surface area contributed by atoms with Gasteiger partial charge in [0.05, 0.1) is 24.4 Å². The first-order valence-electron chi connectivity index (χ1n) is 9.27. The number of carbonyl (C=O) groups is 2. The highest BCUT2D eigenvalue weighted by Crippen LogP contribution is 2.23. The average molecular weight is 402 g/mol. The van der Waals surface area contributed by atoms with Gasteiger partial charge < -0.3 is 10.4 Å². The van der Waals surface area contributed by atoms with Crippen molar-refractivity contribution in [2.45, 2.75) is 0 Å². The summed E-state index contributed by atoms with van der Waals surface area (Å²) in [6, 6.07) is 17.4. The number of hydrogen-bond donors (Lipinski definition) is 4. The molecule has 8 nitrogen and oxygen atoms in total. The van der Waals surface area contributed by atoms with Gasteiger partial charge in [-0.15, -0.1) is 0 Å². The van der Waals surface area contributed by atoms with Crippen LogP contribution in [0.15, 0.2) is 65.7 Å². The number of aliphatic hydroxyl groups excluding tert-OH is 1. The molecule has 3 aromatic carbocycles. The van der Waals surface area contributed by atoms with Crippen molar-refractivity contribution in [1.82, 2.24) is 0 Å². The summed E-state index contributed by atoms with van der Waals surface area (Å²) in [5.74, 6) is -0.00118. The monoisotopic (exact) mass is 402 g/mol. The van der Waals surface area contributed by atoms with E-state index in [1.165, 1.54) is 4.90 Å². The molecule has 1 aliphatic rings. The standard InChI is InChI=1S/C22H19N5O3/c23-20(24)15-3-1-14-10-16(4-2-13(14)9-15)21(29)25-17-5-7-19(8-6-17)27-11-18(12-28)26-22(27)30/h1-10,28H,11-12H2,(H3,23,24)(H,25,29)/p+1. The molecule has 0 radical (unpaired) electrons. The molecule has 1 aliphatic heterocycles. The average Bonchev–Trinajstić information content (AvgIpc) is 3.14. The minimum atomic E-state index is -0.413. The second kappa shape index (κ2) is 7.76. The maximum absolute atomic E-state index is 12.6. The zero-order valence-corrected chi connectivity index (χ0v) is 16.0. The summed E-state index contributed by atoms with van der Waals surface area (Å²) in [4.78, 5) is 29.8. The molecule has 0 saturated carbocycles. The maximum Gasteiger partial charge on any atom is 0.348 e. The van der Waals surface area contributed by atoms with Crippen molar-refractivity contribution < 1.29 is 20.1 Å². The van der Waals surface area contributed by atoms with Gasteiger partial charge in [0.2, 0.25) is 0 Å². The van der Waals surface area contributed by atoms with Crippen LogP contribution in [0.5, 0.6) is 0 Å². The zero-order valence-electron chi connectivity index (χ0n) is 16.0. The largest absolute Gasteiger partial charge is 0.390 e. The van der Waals surface area contributed by atoms with Crippen LogP contribution in [-0.4, -0.2) is 41.7 Å². The van der Waals surface area contributed by atoms with Crippen LogP contribution in [0.2, 0.25) is 0 Å². The summed E-state index contributed by atoms with van der Waals surface area (Å²) in [7, 11) is 0. The number of hydrogen-bond acceptors (Lipinski definition) is 3. The van der Waals surface area contributed by atoms with Gasteiger partial charge in [0.25, 0.3) is 11.7 Å². The van der Waals surface area contributed by atoms with E-state index in [1.807, 2.05) is 24.3 Å². The number of rotatable bonds is 5. The third-order valence-electron chi connectivity index (χ3n) is 4.88. The van der Waals surface area contributed by atoms with Gasteiger partial charge in [0.1, 0.15) is 0 Å². The number of amidine groups is 1. The van der Waals surface area contributed by atoms with Gasteiger partial charge in [-0.25, -0.2) is 4.79 Å². The van der Waals surface area contributed by atoms with E-state index in [9.17, 15) is 9.59 Å². The Morgan fingerprint density at radius 1 is 1.07 bits per heavy atom. The number of aliphatic imine (C=N–C) groups is 1. The molecule has 6 N–H and O–H groups in total. The fraction of sp³-hybridized carbons (Fsp3) is 0.0909. The van der Waals surface area contributed by atoms with Gasteiger partial charge in [0.15, 0.2) is 0 Å². The van der Waals surface area contributed by atoms with Crippen LogP contribution in [0.4, 0.5) is 16.2 Å². The summed E-state index contributed by atoms with van der Waals surface area (Å²) in [5.41, 5.74) is 8.55. The molecule has 0 atom stereocenters. The van der Waals surface area contributed by atoms with Crippen molar-refractivity contribution >= 4 is 45.6 Å². The molecule has 0 spiro atoms. The molecule has 0 aliphatic carbocycles. The summed E-state index contributed by atoms with van der Waals surface area (Å²) in [6.45, 7) is 0.00865. The van der Waals surface area contributed by atoms with Crippen molar-refractivity contribution in [2.24, 2.45) is 10.7 Å². The van der Waals surface area contributed by atoms with Gasteiger partial charge >= 0.3 is 6.03 Å². The van der Waals surface area contributed by atoms with Gasteiger partial charge in [-0.05, 0) is 59.3 Å². The molecule has 0 unspecified atom stereocenters. The van der Waals surface area contributed by atoms with Crippen molar-refractivity contribution in [2.75, 3.05) is 23.4 Å². The van der Waals surface area contributed by atoms with Crippen molar-refractivity contribution in [3.63, 3.8) is 0 Å². The minimum Gasteiger partial charge on any atom is -0.390 e. The number of nitrogens with one attached hydrogen (secondary N) is 1. The van der Waals surface area contributed by atoms with Crippen LogP contribution >= 0.6 is 0 Å². The van der Waals surface area contributed by atoms with E-state index < -0.39 is 6.03 Å². The molecule has 1 heterocycles. The molecule has 0 bridgehead atoms. The van der Waals surface area contributed by atoms with E-state index >= 15 is 0 Å². The summed E-state index contributed by atoms with van der Waals surface area (Å²) in [5, 5.41) is 19.4. The Bertz CT molecular complexity index is 1200. The number of fused-ring (bicyclic) bond motifs is 1. The Kier molecular flexibility index (Phi) is 4.99. The third-order valence-corrected chi connectivity index (χ3v) is 4.88. The number of aliphatic hydroxyl groups is 1. The first kappa shape index (κ1) is 19.3. The Labute approximate surface area is 172 Å². The molecular weight excluding hydrogens is 382 g/mol. The van der Waals surface area contributed by atoms with E-state index in [4.69, 9.17) is 16.2 Å². The molecule has 4 rings (SSSR count). The number of carbonyl (C=O) groups excluding carboxylic acids is 2. The van der Waals surface area contributed by atoms with E-state index in [0.717, 1.165) is 16.3 Å². The number of nitrogens with zero attached hydrogens (tertiary/aromatic N) is 2. The molecule has 3 aromatic rings. The highest BCUT2D eigenvalue weighted by molar-refractivity contribution is 6.12. The molecule has 30 heavy (non-hydrogen) atoms. The van der Waals surface area contributed by atoms with Gasteiger partial charge in [-0.3, -0.25) is 20.8 Å². The number of amides is 3. The number of nitrogens with two attached hydrogens (primary N) is 2. The van der Waals surface area contributed by atoms with Gasteiger partial charge in [0, 0.05) is 16.9 Å². The Morgan fingerprint density at radius 3 is 2.30 bits per heavy atom. The van der Waals surface area contributed by atoms with Crippen LogP contribution < -0.4 is 21.4 Å². The smallest absolute Gasteiger partial charge is 0.348 e. The van der Waals surface area contributed by atoms with Crippen molar-refractivity contribution in [3.05, 3.63) is 71.8 Å². The molecule has 3 amide bonds. The lowest BCUT2D eigenvalue weighted by Crippen LogP contribution is -2.46. The quantitative estimate of drug-likeness (QED) is 0.373. The number of anilines is 2. The molecular formula is C22H20N5O3+. The van der Waals surface area contributed by atoms with E-state index in [-0.39, 0.29) is 24.9 Å². The fourth-order valence-corrected chi connectivity index (χ4v) is 3.26. The molecule has 8 heteroatoms. The predicted octanol–water partition coefficient (Wildman–Crippen LogP) is 0.930. The minimum absolute atomic E-state index is 0.247. The molecule has 0 fully saturated rings. The number of urea groups is 1. The Hall–Kier alpha value is -4.04. The highest BCUT2D eigenvalue weighted by Gasteiger charge is 2.24. The fourth-order valence-electron chi connectivity index (χ4n) is 3.26. The highest BCUT2D eigenvalue weighted by atomic mass is 16.3. The number of benzene rings is 3. The van der Waals surface area contributed by atoms with Crippen LogP contribution in [0, 0.1) is 0 Å². The predicted molar refractivity (Wildman–Crippen MR) is 116 cm³/mol. The molecule has 150 valence electrons. The van der Waals surface area contributed by atoms with Crippen LogP contribution in [0.3, 0.4) is 0 Å². The zero-order chi connectivity index (χ0) is 21.3.